The molecule has 1 N–H and O–H groups in total. The second-order valence-electron chi connectivity index (χ2n) is 2.42. The highest BCUT2D eigenvalue weighted by molar-refractivity contribution is 6.48. The van der Waals surface area contributed by atoms with E-state index in [1.54, 1.807) is 6.92 Å². The van der Waals surface area contributed by atoms with Gasteiger partial charge in [-0.2, -0.15) is 0 Å². The van der Waals surface area contributed by atoms with Crippen LogP contribution in [0.1, 0.15) is 20.8 Å². The fourth-order valence-electron chi connectivity index (χ4n) is 0.834. The van der Waals surface area contributed by atoms with Crippen LogP contribution in [0.5, 0.6) is 0 Å². The predicted octanol–water partition coefficient (Wildman–Crippen LogP) is 0.210. The van der Waals surface area contributed by atoms with Crippen molar-refractivity contribution in [2.24, 2.45) is 0 Å². The molecule has 0 bridgehead atoms. The summed E-state index contributed by atoms with van der Waals surface area (Å²) in [5.74, 6) is -0.788. The quantitative estimate of drug-likeness (QED) is 0.614. The van der Waals surface area contributed by atoms with Gasteiger partial charge in [-0.25, -0.2) is 0 Å². The number of nitrogens with one attached hydrogen (secondary N) is 1. The molecule has 0 saturated carbocycles. The van der Waals surface area contributed by atoms with E-state index >= 15 is 0 Å². The first-order valence-electron chi connectivity index (χ1n) is 4.82. The maximum Gasteiger partial charge on any atom is 0.598 e. The van der Waals surface area contributed by atoms with Gasteiger partial charge in [0.2, 0.25) is 0 Å². The summed E-state index contributed by atoms with van der Waals surface area (Å²) in [4.78, 5) is 21.7. The Morgan fingerprint density at radius 1 is 1.21 bits per heavy atom. The molecule has 14 heavy (non-hydrogen) atoms. The molecular formula is C8H16BNO4. The Bertz CT molecular complexity index is 180. The molecule has 0 spiro atoms. The maximum atomic E-state index is 10.8. The molecule has 1 aliphatic heterocycles. The first-order chi connectivity index (χ1) is 6.72. The third-order valence-corrected chi connectivity index (χ3v) is 1.40. The van der Waals surface area contributed by atoms with Crippen molar-refractivity contribution >= 4 is 19.1 Å². The van der Waals surface area contributed by atoms with Crippen LogP contribution in [0.3, 0.4) is 0 Å². The minimum absolute atomic E-state index is 0.0611. The van der Waals surface area contributed by atoms with Crippen LogP contribution in [0, 0.1) is 0 Å². The van der Waals surface area contributed by atoms with Gasteiger partial charge in [0, 0.05) is 6.32 Å². The number of rotatable bonds is 1. The zero-order valence-electron chi connectivity index (χ0n) is 8.83. The Hall–Kier alpha value is -1.04. The van der Waals surface area contributed by atoms with Crippen LogP contribution in [0.4, 0.5) is 0 Å². The lowest BCUT2D eigenvalue weighted by molar-refractivity contribution is -0.141. The monoisotopic (exact) mass is 201 g/mol. The largest absolute Gasteiger partial charge is 0.598 e. The van der Waals surface area contributed by atoms with Gasteiger partial charge >= 0.3 is 19.1 Å². The second kappa shape index (κ2) is 7.38. The van der Waals surface area contributed by atoms with Gasteiger partial charge in [-0.15, -0.1) is 0 Å². The minimum Gasteiger partial charge on any atom is -0.498 e. The van der Waals surface area contributed by atoms with E-state index in [0.29, 0.717) is 6.32 Å². The summed E-state index contributed by atoms with van der Waals surface area (Å²) in [5.41, 5.74) is 0. The van der Waals surface area contributed by atoms with E-state index in [-0.39, 0.29) is 13.1 Å². The van der Waals surface area contributed by atoms with Crippen LogP contribution in [0.25, 0.3) is 0 Å². The van der Waals surface area contributed by atoms with E-state index in [0.717, 1.165) is 0 Å². The molecule has 1 saturated heterocycles. The van der Waals surface area contributed by atoms with E-state index in [2.05, 4.69) is 5.32 Å². The molecule has 0 atom stereocenters. The third-order valence-electron chi connectivity index (χ3n) is 1.40. The highest BCUT2D eigenvalue weighted by atomic mass is 16.6. The Morgan fingerprint density at radius 2 is 1.64 bits per heavy atom. The molecule has 0 aliphatic carbocycles. The Labute approximate surface area is 84.3 Å². The van der Waals surface area contributed by atoms with Crippen molar-refractivity contribution in [2.45, 2.75) is 27.1 Å². The molecule has 0 aromatic carbocycles. The van der Waals surface area contributed by atoms with Gasteiger partial charge in [0.05, 0.1) is 13.1 Å². The summed E-state index contributed by atoms with van der Waals surface area (Å²) < 4.78 is 9.53. The van der Waals surface area contributed by atoms with E-state index in [9.17, 15) is 9.59 Å². The topological polar surface area (TPSA) is 64.6 Å². The fraction of sp³-hybridized carbons (Fsp3) is 0.750. The molecule has 0 aromatic heterocycles. The number of hydrogen-bond donors (Lipinski definition) is 1. The van der Waals surface area contributed by atoms with Crippen LogP contribution in [0.2, 0.25) is 6.32 Å². The molecule has 80 valence electrons. The summed E-state index contributed by atoms with van der Waals surface area (Å²) in [6.07, 6.45) is 0.484. The van der Waals surface area contributed by atoms with Crippen molar-refractivity contribution in [3.05, 3.63) is 0 Å². The molecule has 1 heterocycles. The third kappa shape index (κ3) is 4.86. The smallest absolute Gasteiger partial charge is 0.498 e. The van der Waals surface area contributed by atoms with E-state index < -0.39 is 19.1 Å². The molecule has 5 nitrogen and oxygen atoms in total. The van der Waals surface area contributed by atoms with Crippen LogP contribution < -0.4 is 5.32 Å². The van der Waals surface area contributed by atoms with Gasteiger partial charge in [0.15, 0.2) is 0 Å². The maximum absolute atomic E-state index is 10.8. The van der Waals surface area contributed by atoms with Crippen LogP contribution >= 0.6 is 0 Å². The van der Waals surface area contributed by atoms with Gasteiger partial charge < -0.3 is 9.31 Å². The first kappa shape index (κ1) is 13.0. The molecule has 1 rings (SSSR count). The molecule has 0 aromatic rings. The van der Waals surface area contributed by atoms with Gasteiger partial charge in [0.25, 0.3) is 0 Å². The van der Waals surface area contributed by atoms with E-state index in [1.807, 2.05) is 13.8 Å². The fourth-order valence-corrected chi connectivity index (χ4v) is 0.834. The van der Waals surface area contributed by atoms with Crippen molar-refractivity contribution in [1.82, 2.24) is 5.32 Å². The average molecular weight is 201 g/mol. The van der Waals surface area contributed by atoms with Crippen LogP contribution in [-0.4, -0.2) is 32.1 Å². The molecule has 0 radical (unpaired) electrons. The van der Waals surface area contributed by atoms with Crippen molar-refractivity contribution in [1.29, 1.82) is 0 Å². The Balaban J connectivity index is 0.000000791. The lowest BCUT2D eigenvalue weighted by atomic mass is 9.86. The lowest BCUT2D eigenvalue weighted by Gasteiger charge is -2.16. The normalized spacial score (nSPS) is 16.9. The summed E-state index contributed by atoms with van der Waals surface area (Å²) >= 11 is 0. The van der Waals surface area contributed by atoms with Gasteiger partial charge in [-0.05, 0) is 0 Å². The Kier molecular flexibility index (Phi) is 6.83. The molecular weight excluding hydrogens is 185 g/mol. The standard InChI is InChI=1S/C6H10BNO4.C2H6/c1-2-7-11-5(9)3-8-4-6(10)12-7;1-2/h8H,2-4H2,1H3;1-2H3. The number of hydrogen-bond acceptors (Lipinski definition) is 5. The molecule has 1 fully saturated rings. The zero-order valence-corrected chi connectivity index (χ0v) is 8.83. The second-order valence-corrected chi connectivity index (χ2v) is 2.42. The van der Waals surface area contributed by atoms with Crippen LogP contribution in [-0.2, 0) is 18.9 Å². The zero-order chi connectivity index (χ0) is 11.0. The molecule has 1 aliphatic rings. The Morgan fingerprint density at radius 3 is 2.00 bits per heavy atom. The van der Waals surface area contributed by atoms with Gasteiger partial charge in [-0.1, -0.05) is 20.8 Å². The van der Waals surface area contributed by atoms with Crippen molar-refractivity contribution in [3.63, 3.8) is 0 Å². The lowest BCUT2D eigenvalue weighted by Crippen LogP contribution is -2.41. The molecule has 6 heteroatoms. The SMILES string of the molecule is CC.CCB1OC(=O)CNCC(=O)O1. The first-order valence-corrected chi connectivity index (χ1v) is 4.82. The summed E-state index contributed by atoms with van der Waals surface area (Å²) in [5, 5.41) is 2.58. The van der Waals surface area contributed by atoms with Crippen molar-refractivity contribution in [3.8, 4) is 0 Å². The van der Waals surface area contributed by atoms with E-state index in [4.69, 9.17) is 9.31 Å². The van der Waals surface area contributed by atoms with Gasteiger partial charge in [-0.3, -0.25) is 14.9 Å². The number of carbonyl (C=O) groups is 2. The molecule has 0 amide bonds. The molecule has 0 unspecified atom stereocenters. The minimum atomic E-state index is -0.716. The van der Waals surface area contributed by atoms with Crippen LogP contribution in [0.15, 0.2) is 0 Å². The highest BCUT2D eigenvalue weighted by Crippen LogP contribution is 1.99. The summed E-state index contributed by atoms with van der Waals surface area (Å²) in [7, 11) is -0.716. The van der Waals surface area contributed by atoms with Crippen molar-refractivity contribution < 1.29 is 18.9 Å². The predicted molar refractivity (Wildman–Crippen MR) is 52.6 cm³/mol. The average Bonchev–Trinajstić information content (AvgIpc) is 2.17. The van der Waals surface area contributed by atoms with Crippen molar-refractivity contribution in [2.75, 3.05) is 13.1 Å². The number of carbonyl (C=O) groups excluding carboxylic acids is 2. The summed E-state index contributed by atoms with van der Waals surface area (Å²) in [6, 6.07) is 0. The summed E-state index contributed by atoms with van der Waals surface area (Å²) in [6.45, 7) is 5.90. The van der Waals surface area contributed by atoms with E-state index in [1.165, 1.54) is 0 Å². The van der Waals surface area contributed by atoms with Gasteiger partial charge in [0.1, 0.15) is 0 Å². The highest BCUT2D eigenvalue weighted by Gasteiger charge is 2.27.